The van der Waals surface area contributed by atoms with Crippen LogP contribution in [0.3, 0.4) is 0 Å². The monoisotopic (exact) mass is 640 g/mol. The van der Waals surface area contributed by atoms with Crippen LogP contribution in [0.25, 0.3) is 0 Å². The first-order valence-corrected chi connectivity index (χ1v) is 14.7. The number of carbonyl (C=O) groups excluding carboxylic acids is 2. The van der Waals surface area contributed by atoms with Crippen LogP contribution in [0.4, 0.5) is 20.3 Å². The van der Waals surface area contributed by atoms with Gasteiger partial charge in [0.25, 0.3) is 5.92 Å². The Morgan fingerprint density at radius 3 is 2.53 bits per heavy atom. The molecule has 1 heterocycles. The van der Waals surface area contributed by atoms with Crippen LogP contribution in [-0.2, 0) is 15.2 Å². The lowest BCUT2D eigenvalue weighted by Gasteiger charge is -2.37. The van der Waals surface area contributed by atoms with Crippen molar-refractivity contribution in [3.8, 4) is 6.07 Å². The van der Waals surface area contributed by atoms with Crippen LogP contribution in [-0.4, -0.2) is 40.9 Å². The maximum atomic E-state index is 13.2. The van der Waals surface area contributed by atoms with E-state index in [0.29, 0.717) is 29.1 Å². The van der Waals surface area contributed by atoms with E-state index >= 15 is 0 Å². The van der Waals surface area contributed by atoms with Crippen molar-refractivity contribution >= 4 is 35.4 Å². The Kier molecular flexibility index (Phi) is 12.1. The van der Waals surface area contributed by atoms with E-state index in [1.54, 1.807) is 68.4 Å². The Hall–Kier alpha value is -4.47. The van der Waals surface area contributed by atoms with Crippen LogP contribution in [0.5, 0.6) is 0 Å². The summed E-state index contributed by atoms with van der Waals surface area (Å²) in [7, 11) is 0. The van der Waals surface area contributed by atoms with Crippen LogP contribution in [0.2, 0.25) is 5.02 Å². The van der Waals surface area contributed by atoms with Gasteiger partial charge in [-0.1, -0.05) is 55.3 Å². The van der Waals surface area contributed by atoms with Gasteiger partial charge < -0.3 is 10.4 Å². The minimum atomic E-state index is -2.80. The summed E-state index contributed by atoms with van der Waals surface area (Å²) in [6.45, 7) is 5.86. The second-order valence-electron chi connectivity index (χ2n) is 11.1. The average molecular weight is 641 g/mol. The maximum absolute atomic E-state index is 13.2. The van der Waals surface area contributed by atoms with Crippen molar-refractivity contribution in [3.05, 3.63) is 93.5 Å². The molecule has 3 aromatic rings. The van der Waals surface area contributed by atoms with Crippen LogP contribution in [0.15, 0.2) is 72.1 Å². The van der Waals surface area contributed by atoms with Crippen molar-refractivity contribution in [2.24, 2.45) is 5.29 Å². The highest BCUT2D eigenvalue weighted by atomic mass is 35.5. The number of halogens is 3. The Bertz CT molecular complexity index is 1520. The van der Waals surface area contributed by atoms with Crippen LogP contribution >= 0.6 is 11.6 Å². The van der Waals surface area contributed by atoms with E-state index in [1.165, 1.54) is 17.2 Å². The first-order chi connectivity index (χ1) is 21.3. The van der Waals surface area contributed by atoms with E-state index in [0.717, 1.165) is 24.3 Å². The fourth-order valence-corrected chi connectivity index (χ4v) is 4.83. The largest absolute Gasteiger partial charge is 0.386 e. The summed E-state index contributed by atoms with van der Waals surface area (Å²) in [6, 6.07) is 16.1. The molecule has 10 nitrogen and oxygen atoms in total. The molecule has 1 saturated carbocycles. The van der Waals surface area contributed by atoms with E-state index in [2.05, 4.69) is 22.5 Å². The molecule has 2 amide bonds. The topological polar surface area (TPSA) is 139 Å². The fourth-order valence-electron chi connectivity index (χ4n) is 4.59. The fraction of sp³-hybridized carbons (Fsp3) is 0.375. The summed E-state index contributed by atoms with van der Waals surface area (Å²) in [5.41, 5.74) is 0.387. The lowest BCUT2D eigenvalue weighted by Crippen LogP contribution is -2.53. The first kappa shape index (κ1) is 35.0. The predicted octanol–water partition coefficient (Wildman–Crippen LogP) is 6.43. The van der Waals surface area contributed by atoms with Crippen molar-refractivity contribution in [1.82, 2.24) is 10.3 Å². The molecular formula is C32H35ClF2N6O4. The number of nitrogens with zero attached hydrogens (tertiary/aromatic N) is 5. The van der Waals surface area contributed by atoms with Gasteiger partial charge in [0.05, 0.1) is 28.2 Å². The Balaban J connectivity index is 0.000000309. The summed E-state index contributed by atoms with van der Waals surface area (Å²) >= 11 is 6.27. The standard InChI is InChI=1S/C21H22ClF2N3O3.C11H13N3O/c1-20(2,29)13-6-5-7-15(10-13)27(26-30)18(16-8-3-4-9-17(16)22)19(28)25-14-11-21(23,24)12-14;1-2-3-6-14(9-15)11-7-10(8-12)4-5-13-11/h3-10,14,18,29H,11-12H2,1-2H3,(H,25,28);4-5,7,9H,2-3,6H2,1H3. The van der Waals surface area contributed by atoms with Gasteiger partial charge in [0.15, 0.2) is 6.04 Å². The van der Waals surface area contributed by atoms with E-state index in [9.17, 15) is 28.4 Å². The van der Waals surface area contributed by atoms with E-state index in [1.807, 2.05) is 6.07 Å². The van der Waals surface area contributed by atoms with Crippen molar-refractivity contribution in [2.75, 3.05) is 16.5 Å². The van der Waals surface area contributed by atoms with Gasteiger partial charge in [0, 0.05) is 42.2 Å². The molecule has 0 aliphatic heterocycles. The quantitative estimate of drug-likeness (QED) is 0.132. The molecule has 1 aromatic heterocycles. The normalized spacial score (nSPS) is 14.4. The average Bonchev–Trinajstić information content (AvgIpc) is 3.00. The molecule has 2 N–H and O–H groups in total. The van der Waals surface area contributed by atoms with Gasteiger partial charge in [-0.15, -0.1) is 4.91 Å². The van der Waals surface area contributed by atoms with Gasteiger partial charge in [-0.05, 0) is 56.2 Å². The number of aliphatic hydroxyl groups is 1. The van der Waals surface area contributed by atoms with Gasteiger partial charge in [0.1, 0.15) is 5.82 Å². The van der Waals surface area contributed by atoms with E-state index in [-0.39, 0.29) is 10.7 Å². The minimum Gasteiger partial charge on any atom is -0.386 e. The number of pyridine rings is 1. The van der Waals surface area contributed by atoms with Gasteiger partial charge in [-0.2, -0.15) is 5.26 Å². The lowest BCUT2D eigenvalue weighted by atomic mass is 9.88. The minimum absolute atomic E-state index is 0.226. The number of anilines is 2. The third-order valence-corrected chi connectivity index (χ3v) is 7.43. The summed E-state index contributed by atoms with van der Waals surface area (Å²) in [5, 5.41) is 25.7. The summed E-state index contributed by atoms with van der Waals surface area (Å²) in [4.78, 5) is 41.3. The zero-order valence-electron chi connectivity index (χ0n) is 25.2. The summed E-state index contributed by atoms with van der Waals surface area (Å²) in [6.07, 6.45) is 3.31. The molecule has 1 aliphatic rings. The van der Waals surface area contributed by atoms with E-state index < -0.39 is 42.4 Å². The molecule has 0 bridgehead atoms. The van der Waals surface area contributed by atoms with Crippen LogP contribution in [0, 0.1) is 16.2 Å². The molecule has 13 heteroatoms. The number of rotatable bonds is 12. The highest BCUT2D eigenvalue weighted by molar-refractivity contribution is 6.31. The smallest absolute Gasteiger partial charge is 0.252 e. The SMILES string of the molecule is CC(C)(O)c1cccc(N(N=O)C(C(=O)NC2CC(F)(F)C2)c2ccccc2Cl)c1.CCCCN(C=O)c1cc(C#N)ccn1. The molecule has 0 saturated heterocycles. The number of carbonyl (C=O) groups is 2. The van der Waals surface area contributed by atoms with Crippen molar-refractivity contribution in [3.63, 3.8) is 0 Å². The number of hydrogen-bond donors (Lipinski definition) is 2. The number of amides is 2. The van der Waals surface area contributed by atoms with Gasteiger partial charge in [0.2, 0.25) is 12.3 Å². The van der Waals surface area contributed by atoms with Gasteiger partial charge in [-0.3, -0.25) is 14.5 Å². The predicted molar refractivity (Wildman–Crippen MR) is 168 cm³/mol. The Labute approximate surface area is 265 Å². The lowest BCUT2D eigenvalue weighted by molar-refractivity contribution is -0.130. The maximum Gasteiger partial charge on any atom is 0.252 e. The molecular weight excluding hydrogens is 606 g/mol. The molecule has 1 fully saturated rings. The number of nitrogens with one attached hydrogen (secondary N) is 1. The highest BCUT2D eigenvalue weighted by Gasteiger charge is 2.47. The molecule has 45 heavy (non-hydrogen) atoms. The number of nitriles is 1. The Morgan fingerprint density at radius 2 is 1.96 bits per heavy atom. The van der Waals surface area contributed by atoms with Crippen LogP contribution < -0.4 is 15.2 Å². The van der Waals surface area contributed by atoms with Gasteiger partial charge >= 0.3 is 0 Å². The Morgan fingerprint density at radius 1 is 1.24 bits per heavy atom. The highest BCUT2D eigenvalue weighted by Crippen LogP contribution is 2.39. The van der Waals surface area contributed by atoms with Crippen molar-refractivity contribution in [2.45, 2.75) is 70.1 Å². The third-order valence-electron chi connectivity index (χ3n) is 7.08. The number of nitroso groups, excluding NO2 is 1. The molecule has 1 aliphatic carbocycles. The second kappa shape index (κ2) is 15.5. The summed E-state index contributed by atoms with van der Waals surface area (Å²) in [5.74, 6) is -2.93. The molecule has 1 unspecified atom stereocenters. The van der Waals surface area contributed by atoms with E-state index in [4.69, 9.17) is 16.9 Å². The first-order valence-electron chi connectivity index (χ1n) is 14.3. The molecule has 4 rings (SSSR count). The zero-order chi connectivity index (χ0) is 33.2. The second-order valence-corrected chi connectivity index (χ2v) is 11.5. The van der Waals surface area contributed by atoms with Crippen molar-refractivity contribution in [1.29, 1.82) is 5.26 Å². The molecule has 2 aromatic carbocycles. The molecule has 238 valence electrons. The number of hydrogen-bond acceptors (Lipinski definition) is 7. The molecule has 0 radical (unpaired) electrons. The zero-order valence-corrected chi connectivity index (χ0v) is 25.9. The third kappa shape index (κ3) is 9.51. The van der Waals surface area contributed by atoms with Gasteiger partial charge in [-0.25, -0.2) is 18.8 Å². The molecule has 1 atom stereocenters. The molecule has 0 spiro atoms. The van der Waals surface area contributed by atoms with Crippen LogP contribution in [0.1, 0.15) is 69.2 Å². The van der Waals surface area contributed by atoms with Crippen molar-refractivity contribution < 1.29 is 23.5 Å². The number of aromatic nitrogens is 1. The number of alkyl halides is 2. The number of benzene rings is 2. The number of unbranched alkanes of at least 4 members (excludes halogenated alkanes) is 1. The summed E-state index contributed by atoms with van der Waals surface area (Å²) < 4.78 is 26.4.